The van der Waals surface area contributed by atoms with E-state index in [9.17, 15) is 9.59 Å². The standard InChI is InChI=1S/C14H16O2/c1-3-11(9-15)13(4-2)14-8-6-5-7-12(14)10-16/h5-10H,3-4H2,1-2H3/b13-11-. The largest absolute Gasteiger partial charge is 0.298 e. The van der Waals surface area contributed by atoms with Crippen LogP contribution in [0.1, 0.15) is 42.6 Å². The highest BCUT2D eigenvalue weighted by molar-refractivity contribution is 5.93. The van der Waals surface area contributed by atoms with Crippen molar-refractivity contribution in [2.24, 2.45) is 0 Å². The maximum atomic E-state index is 11.0. The van der Waals surface area contributed by atoms with Gasteiger partial charge in [0.1, 0.15) is 6.29 Å². The van der Waals surface area contributed by atoms with Gasteiger partial charge >= 0.3 is 0 Å². The molecule has 0 aliphatic rings. The molecule has 0 fully saturated rings. The van der Waals surface area contributed by atoms with Crippen LogP contribution in [0.25, 0.3) is 5.57 Å². The van der Waals surface area contributed by atoms with E-state index in [0.717, 1.165) is 35.7 Å². The van der Waals surface area contributed by atoms with Gasteiger partial charge in [-0.05, 0) is 29.6 Å². The van der Waals surface area contributed by atoms with Gasteiger partial charge in [0.15, 0.2) is 6.29 Å². The molecule has 0 amide bonds. The zero-order valence-corrected chi connectivity index (χ0v) is 9.69. The molecular formula is C14H16O2. The van der Waals surface area contributed by atoms with Crippen LogP contribution in [-0.2, 0) is 4.79 Å². The molecule has 2 heteroatoms. The second-order valence-electron chi connectivity index (χ2n) is 3.53. The zero-order valence-electron chi connectivity index (χ0n) is 9.69. The molecule has 84 valence electrons. The number of rotatable bonds is 5. The van der Waals surface area contributed by atoms with Gasteiger partial charge in [-0.25, -0.2) is 0 Å². The third kappa shape index (κ3) is 2.45. The summed E-state index contributed by atoms with van der Waals surface area (Å²) in [6, 6.07) is 7.38. The maximum Gasteiger partial charge on any atom is 0.150 e. The zero-order chi connectivity index (χ0) is 12.0. The fraction of sp³-hybridized carbons (Fsp3) is 0.286. The topological polar surface area (TPSA) is 34.1 Å². The fourth-order valence-electron chi connectivity index (χ4n) is 1.83. The van der Waals surface area contributed by atoms with E-state index >= 15 is 0 Å². The normalized spacial score (nSPS) is 11.9. The molecule has 0 aromatic heterocycles. The van der Waals surface area contributed by atoms with Gasteiger partial charge in [0.2, 0.25) is 0 Å². The smallest absolute Gasteiger partial charge is 0.150 e. The lowest BCUT2D eigenvalue weighted by Crippen LogP contribution is -1.96. The van der Waals surface area contributed by atoms with Gasteiger partial charge in [0.25, 0.3) is 0 Å². The van der Waals surface area contributed by atoms with Gasteiger partial charge < -0.3 is 0 Å². The second-order valence-corrected chi connectivity index (χ2v) is 3.53. The summed E-state index contributed by atoms with van der Waals surface area (Å²) in [6.45, 7) is 3.94. The summed E-state index contributed by atoms with van der Waals surface area (Å²) >= 11 is 0. The average molecular weight is 216 g/mol. The number of hydrogen-bond donors (Lipinski definition) is 0. The SMILES string of the molecule is CC/C(C=O)=C(\CC)c1ccccc1C=O. The Hall–Kier alpha value is -1.70. The molecule has 0 spiro atoms. The molecule has 1 aromatic rings. The van der Waals surface area contributed by atoms with Crippen molar-refractivity contribution in [3.63, 3.8) is 0 Å². The van der Waals surface area contributed by atoms with E-state index < -0.39 is 0 Å². The first-order chi connectivity index (χ1) is 7.78. The van der Waals surface area contributed by atoms with Crippen molar-refractivity contribution in [1.29, 1.82) is 0 Å². The third-order valence-corrected chi connectivity index (χ3v) is 2.68. The van der Waals surface area contributed by atoms with Crippen molar-refractivity contribution in [3.05, 3.63) is 41.0 Å². The van der Waals surface area contributed by atoms with E-state index in [0.29, 0.717) is 12.0 Å². The van der Waals surface area contributed by atoms with Crippen LogP contribution in [0.5, 0.6) is 0 Å². The maximum absolute atomic E-state index is 11.0. The minimum absolute atomic E-state index is 0.646. The molecule has 0 aliphatic heterocycles. The number of hydrogen-bond acceptors (Lipinski definition) is 2. The summed E-state index contributed by atoms with van der Waals surface area (Å²) < 4.78 is 0. The number of allylic oxidation sites excluding steroid dienone is 2. The Labute approximate surface area is 96.0 Å². The van der Waals surface area contributed by atoms with E-state index in [-0.39, 0.29) is 0 Å². The van der Waals surface area contributed by atoms with Crippen LogP contribution in [0.2, 0.25) is 0 Å². The van der Waals surface area contributed by atoms with Crippen molar-refractivity contribution in [3.8, 4) is 0 Å². The van der Waals surface area contributed by atoms with Gasteiger partial charge in [0.05, 0.1) is 0 Å². The summed E-state index contributed by atoms with van der Waals surface area (Å²) in [7, 11) is 0. The van der Waals surface area contributed by atoms with Crippen LogP contribution < -0.4 is 0 Å². The van der Waals surface area contributed by atoms with Crippen molar-refractivity contribution >= 4 is 18.1 Å². The molecule has 0 bridgehead atoms. The number of benzene rings is 1. The molecule has 0 aliphatic carbocycles. The van der Waals surface area contributed by atoms with Crippen molar-refractivity contribution in [1.82, 2.24) is 0 Å². The first-order valence-corrected chi connectivity index (χ1v) is 5.50. The van der Waals surface area contributed by atoms with Crippen LogP contribution in [0.4, 0.5) is 0 Å². The van der Waals surface area contributed by atoms with Crippen molar-refractivity contribution in [2.75, 3.05) is 0 Å². The lowest BCUT2D eigenvalue weighted by atomic mass is 9.93. The number of carbonyl (C=O) groups is 2. The molecule has 1 rings (SSSR count). The molecule has 16 heavy (non-hydrogen) atoms. The molecule has 0 radical (unpaired) electrons. The average Bonchev–Trinajstić information content (AvgIpc) is 2.35. The van der Waals surface area contributed by atoms with Crippen molar-refractivity contribution in [2.45, 2.75) is 26.7 Å². The Balaban J connectivity index is 3.38. The van der Waals surface area contributed by atoms with Crippen LogP contribution in [-0.4, -0.2) is 12.6 Å². The second kappa shape index (κ2) is 6.01. The van der Waals surface area contributed by atoms with E-state index in [4.69, 9.17) is 0 Å². The Morgan fingerprint density at radius 2 is 1.81 bits per heavy atom. The quantitative estimate of drug-likeness (QED) is 0.559. The van der Waals surface area contributed by atoms with Gasteiger partial charge in [0, 0.05) is 5.56 Å². The highest BCUT2D eigenvalue weighted by Crippen LogP contribution is 2.25. The molecule has 0 saturated heterocycles. The molecule has 0 N–H and O–H groups in total. The molecular weight excluding hydrogens is 200 g/mol. The summed E-state index contributed by atoms with van der Waals surface area (Å²) in [5.41, 5.74) is 3.27. The van der Waals surface area contributed by atoms with Crippen LogP contribution in [0.3, 0.4) is 0 Å². The highest BCUT2D eigenvalue weighted by atomic mass is 16.1. The van der Waals surface area contributed by atoms with Gasteiger partial charge in [-0.15, -0.1) is 0 Å². The molecule has 0 heterocycles. The Kier molecular flexibility index (Phi) is 4.65. The summed E-state index contributed by atoms with van der Waals surface area (Å²) in [5, 5.41) is 0. The summed E-state index contributed by atoms with van der Waals surface area (Å²) in [6.07, 6.45) is 3.18. The van der Waals surface area contributed by atoms with E-state index in [2.05, 4.69) is 0 Å². The minimum atomic E-state index is 0.646. The summed E-state index contributed by atoms with van der Waals surface area (Å²) in [5.74, 6) is 0. The van der Waals surface area contributed by atoms with Crippen LogP contribution in [0, 0.1) is 0 Å². The van der Waals surface area contributed by atoms with E-state index in [1.165, 1.54) is 0 Å². The van der Waals surface area contributed by atoms with E-state index in [1.54, 1.807) is 6.07 Å². The third-order valence-electron chi connectivity index (χ3n) is 2.68. The lowest BCUT2D eigenvalue weighted by molar-refractivity contribution is -0.105. The highest BCUT2D eigenvalue weighted by Gasteiger charge is 2.09. The number of carbonyl (C=O) groups excluding carboxylic acids is 2. The molecule has 0 atom stereocenters. The fourth-order valence-corrected chi connectivity index (χ4v) is 1.83. The first kappa shape index (κ1) is 12.4. The predicted molar refractivity (Wildman–Crippen MR) is 65.4 cm³/mol. The van der Waals surface area contributed by atoms with Crippen LogP contribution >= 0.6 is 0 Å². The molecule has 0 unspecified atom stereocenters. The van der Waals surface area contributed by atoms with E-state index in [1.807, 2.05) is 32.0 Å². The van der Waals surface area contributed by atoms with Gasteiger partial charge in [-0.3, -0.25) is 9.59 Å². The molecule has 0 saturated carbocycles. The van der Waals surface area contributed by atoms with Crippen molar-refractivity contribution < 1.29 is 9.59 Å². The summed E-state index contributed by atoms with van der Waals surface area (Å²) in [4.78, 5) is 21.9. The lowest BCUT2D eigenvalue weighted by Gasteiger charge is -2.10. The molecule has 1 aromatic carbocycles. The molecule has 2 nitrogen and oxygen atoms in total. The minimum Gasteiger partial charge on any atom is -0.298 e. The Morgan fingerprint density at radius 3 is 2.31 bits per heavy atom. The van der Waals surface area contributed by atoms with Gasteiger partial charge in [-0.1, -0.05) is 38.1 Å². The number of aldehydes is 2. The first-order valence-electron chi connectivity index (χ1n) is 5.50. The monoisotopic (exact) mass is 216 g/mol. The Morgan fingerprint density at radius 1 is 1.12 bits per heavy atom. The van der Waals surface area contributed by atoms with Crippen LogP contribution in [0.15, 0.2) is 29.8 Å². The van der Waals surface area contributed by atoms with Gasteiger partial charge in [-0.2, -0.15) is 0 Å². The predicted octanol–water partition coefficient (Wildman–Crippen LogP) is 3.27. The Bertz CT molecular complexity index is 416.